The third kappa shape index (κ3) is 2.88. The van der Waals surface area contributed by atoms with Crippen molar-refractivity contribution in [1.82, 2.24) is 10.3 Å². The largest absolute Gasteiger partial charge is 0.481 e. The summed E-state index contributed by atoms with van der Waals surface area (Å²) in [5.74, 6) is -1.92. The molecule has 1 aromatic heterocycles. The summed E-state index contributed by atoms with van der Waals surface area (Å²) in [6.07, 6.45) is 1.57. The molecule has 2 rings (SSSR count). The van der Waals surface area contributed by atoms with Crippen LogP contribution in [0.4, 0.5) is 0 Å². The van der Waals surface area contributed by atoms with Crippen LogP contribution >= 0.6 is 0 Å². The highest BCUT2D eigenvalue weighted by molar-refractivity contribution is 6.05. The molecular formula is C14H14N2O3. The number of fused-ring (bicyclic) bond motifs is 1. The molecule has 2 aromatic rings. The summed E-state index contributed by atoms with van der Waals surface area (Å²) >= 11 is 0. The summed E-state index contributed by atoms with van der Waals surface area (Å²) in [5, 5.41) is 13.0. The first-order valence-corrected chi connectivity index (χ1v) is 5.94. The second-order valence-electron chi connectivity index (χ2n) is 4.33. The minimum absolute atomic E-state index is 0.0824. The Bertz CT molecular complexity index is 620. The number of amides is 1. The number of carbonyl (C=O) groups excluding carboxylic acids is 1. The van der Waals surface area contributed by atoms with E-state index in [4.69, 9.17) is 5.11 Å². The quantitative estimate of drug-likeness (QED) is 0.874. The minimum Gasteiger partial charge on any atom is -0.481 e. The van der Waals surface area contributed by atoms with Gasteiger partial charge in [0.2, 0.25) is 0 Å². The Morgan fingerprint density at radius 1 is 1.32 bits per heavy atom. The van der Waals surface area contributed by atoms with Crippen molar-refractivity contribution in [3.8, 4) is 0 Å². The molecule has 0 saturated carbocycles. The van der Waals surface area contributed by atoms with Crippen LogP contribution < -0.4 is 5.32 Å². The van der Waals surface area contributed by atoms with Gasteiger partial charge in [0, 0.05) is 18.1 Å². The number of rotatable bonds is 4. The van der Waals surface area contributed by atoms with E-state index in [-0.39, 0.29) is 12.5 Å². The molecule has 2 N–H and O–H groups in total. The van der Waals surface area contributed by atoms with Gasteiger partial charge in [-0.3, -0.25) is 14.6 Å². The topological polar surface area (TPSA) is 79.3 Å². The van der Waals surface area contributed by atoms with Crippen molar-refractivity contribution >= 4 is 22.6 Å². The lowest BCUT2D eigenvalue weighted by atomic mass is 10.1. The van der Waals surface area contributed by atoms with Crippen LogP contribution in [0.15, 0.2) is 36.5 Å². The van der Waals surface area contributed by atoms with Gasteiger partial charge in [-0.1, -0.05) is 31.2 Å². The molecule has 1 atom stereocenters. The lowest BCUT2D eigenvalue weighted by Crippen LogP contribution is -2.32. The van der Waals surface area contributed by atoms with Gasteiger partial charge in [0.05, 0.1) is 5.92 Å². The molecule has 0 aliphatic rings. The third-order valence-corrected chi connectivity index (χ3v) is 2.88. The zero-order valence-corrected chi connectivity index (χ0v) is 10.5. The molecule has 19 heavy (non-hydrogen) atoms. The molecule has 1 aromatic carbocycles. The zero-order chi connectivity index (χ0) is 13.8. The van der Waals surface area contributed by atoms with Gasteiger partial charge in [0.15, 0.2) is 0 Å². The maximum Gasteiger partial charge on any atom is 0.308 e. The highest BCUT2D eigenvalue weighted by Gasteiger charge is 2.15. The number of hydrogen-bond acceptors (Lipinski definition) is 3. The number of carboxylic acids is 1. The summed E-state index contributed by atoms with van der Waals surface area (Å²) < 4.78 is 0. The van der Waals surface area contributed by atoms with Crippen molar-refractivity contribution < 1.29 is 14.7 Å². The van der Waals surface area contributed by atoms with Gasteiger partial charge in [0.1, 0.15) is 5.69 Å². The summed E-state index contributed by atoms with van der Waals surface area (Å²) in [6, 6.07) is 9.26. The van der Waals surface area contributed by atoms with Gasteiger partial charge in [-0.15, -0.1) is 0 Å². The molecule has 5 nitrogen and oxygen atoms in total. The molecular weight excluding hydrogens is 244 g/mol. The number of hydrogen-bond donors (Lipinski definition) is 2. The summed E-state index contributed by atoms with van der Waals surface area (Å²) in [5.41, 5.74) is 0.315. The van der Waals surface area contributed by atoms with E-state index in [1.807, 2.05) is 30.3 Å². The molecule has 5 heteroatoms. The number of nitrogens with zero attached hydrogens (tertiary/aromatic N) is 1. The van der Waals surface area contributed by atoms with E-state index >= 15 is 0 Å². The Hall–Kier alpha value is -2.43. The number of pyridine rings is 1. The number of carboxylic acid groups (broad SMARTS) is 1. The summed E-state index contributed by atoms with van der Waals surface area (Å²) in [7, 11) is 0. The fourth-order valence-electron chi connectivity index (χ4n) is 1.72. The molecule has 0 radical (unpaired) electrons. The molecule has 0 bridgehead atoms. The molecule has 0 aliphatic carbocycles. The first kappa shape index (κ1) is 13.0. The number of aromatic nitrogens is 1. The molecule has 0 spiro atoms. The van der Waals surface area contributed by atoms with Crippen LogP contribution in [0.25, 0.3) is 10.8 Å². The van der Waals surface area contributed by atoms with Crippen LogP contribution in [0.3, 0.4) is 0 Å². The molecule has 98 valence electrons. The zero-order valence-electron chi connectivity index (χ0n) is 10.5. The Kier molecular flexibility index (Phi) is 3.75. The molecule has 0 fully saturated rings. The van der Waals surface area contributed by atoms with Crippen molar-refractivity contribution in [1.29, 1.82) is 0 Å². The average Bonchev–Trinajstić information content (AvgIpc) is 2.43. The molecule has 1 unspecified atom stereocenters. The van der Waals surface area contributed by atoms with Crippen LogP contribution in [0.1, 0.15) is 17.4 Å². The van der Waals surface area contributed by atoms with E-state index in [0.29, 0.717) is 5.69 Å². The van der Waals surface area contributed by atoms with Crippen molar-refractivity contribution in [2.75, 3.05) is 6.54 Å². The fraction of sp³-hybridized carbons (Fsp3) is 0.214. The lowest BCUT2D eigenvalue weighted by Gasteiger charge is -2.09. The lowest BCUT2D eigenvalue weighted by molar-refractivity contribution is -0.140. The molecule has 0 aliphatic heterocycles. The van der Waals surface area contributed by atoms with Crippen LogP contribution in [0, 0.1) is 5.92 Å². The molecule has 0 saturated heterocycles. The Morgan fingerprint density at radius 2 is 2.05 bits per heavy atom. The minimum atomic E-state index is -0.939. The van der Waals surface area contributed by atoms with Gasteiger partial charge in [0.25, 0.3) is 5.91 Å². The van der Waals surface area contributed by atoms with Crippen LogP contribution in [-0.2, 0) is 4.79 Å². The van der Waals surface area contributed by atoms with E-state index < -0.39 is 11.9 Å². The molecule has 1 heterocycles. The predicted octanol–water partition coefficient (Wildman–Crippen LogP) is 1.69. The van der Waals surface area contributed by atoms with E-state index in [0.717, 1.165) is 10.8 Å². The number of nitrogens with one attached hydrogen (secondary N) is 1. The van der Waals surface area contributed by atoms with Gasteiger partial charge >= 0.3 is 5.97 Å². The van der Waals surface area contributed by atoms with Gasteiger partial charge < -0.3 is 10.4 Å². The first-order chi connectivity index (χ1) is 9.09. The predicted molar refractivity (Wildman–Crippen MR) is 70.9 cm³/mol. The van der Waals surface area contributed by atoms with Crippen molar-refractivity contribution in [3.05, 3.63) is 42.2 Å². The average molecular weight is 258 g/mol. The Balaban J connectivity index is 2.20. The summed E-state index contributed by atoms with van der Waals surface area (Å²) in [4.78, 5) is 26.8. The SMILES string of the molecule is CC(CNC(=O)c1nccc2ccccc12)C(=O)O. The van der Waals surface area contributed by atoms with Gasteiger partial charge in [-0.25, -0.2) is 0 Å². The first-order valence-electron chi connectivity index (χ1n) is 5.94. The Labute approximate surface area is 110 Å². The highest BCUT2D eigenvalue weighted by atomic mass is 16.4. The standard InChI is InChI=1S/C14H14N2O3/c1-9(14(18)19)8-16-13(17)12-11-5-3-2-4-10(11)6-7-15-12/h2-7,9H,8H2,1H3,(H,16,17)(H,18,19). The smallest absolute Gasteiger partial charge is 0.308 e. The maximum atomic E-state index is 12.0. The van der Waals surface area contributed by atoms with E-state index in [2.05, 4.69) is 10.3 Å². The van der Waals surface area contributed by atoms with Crippen LogP contribution in [-0.4, -0.2) is 28.5 Å². The second kappa shape index (κ2) is 5.48. The maximum absolute atomic E-state index is 12.0. The third-order valence-electron chi connectivity index (χ3n) is 2.88. The second-order valence-corrected chi connectivity index (χ2v) is 4.33. The van der Waals surface area contributed by atoms with Crippen molar-refractivity contribution in [2.45, 2.75) is 6.92 Å². The number of benzene rings is 1. The fourth-order valence-corrected chi connectivity index (χ4v) is 1.72. The van der Waals surface area contributed by atoms with Crippen LogP contribution in [0.2, 0.25) is 0 Å². The number of aliphatic carboxylic acids is 1. The van der Waals surface area contributed by atoms with E-state index in [1.54, 1.807) is 13.1 Å². The molecule has 1 amide bonds. The monoisotopic (exact) mass is 258 g/mol. The van der Waals surface area contributed by atoms with Crippen LogP contribution in [0.5, 0.6) is 0 Å². The van der Waals surface area contributed by atoms with Crippen molar-refractivity contribution in [2.24, 2.45) is 5.92 Å². The number of carbonyl (C=O) groups is 2. The van der Waals surface area contributed by atoms with Gasteiger partial charge in [-0.2, -0.15) is 0 Å². The van der Waals surface area contributed by atoms with E-state index in [1.165, 1.54) is 0 Å². The summed E-state index contributed by atoms with van der Waals surface area (Å²) in [6.45, 7) is 1.62. The van der Waals surface area contributed by atoms with Crippen molar-refractivity contribution in [3.63, 3.8) is 0 Å². The van der Waals surface area contributed by atoms with E-state index in [9.17, 15) is 9.59 Å². The Morgan fingerprint density at radius 3 is 2.79 bits per heavy atom. The van der Waals surface area contributed by atoms with Gasteiger partial charge in [-0.05, 0) is 11.5 Å². The normalized spacial score (nSPS) is 12.1. The highest BCUT2D eigenvalue weighted by Crippen LogP contribution is 2.16.